The molecule has 0 aromatic heterocycles. The summed E-state index contributed by atoms with van der Waals surface area (Å²) in [6.45, 7) is 5.62. The van der Waals surface area contributed by atoms with Gasteiger partial charge in [-0.05, 0) is 62.1 Å². The number of nitrogens with zero attached hydrogens (tertiary/aromatic N) is 2. The molecule has 6 heteroatoms. The van der Waals surface area contributed by atoms with Crippen LogP contribution in [0.4, 0.5) is 5.69 Å². The first-order valence-electron chi connectivity index (χ1n) is 8.60. The molecule has 5 nitrogen and oxygen atoms in total. The molecule has 1 aliphatic rings. The van der Waals surface area contributed by atoms with Crippen molar-refractivity contribution < 1.29 is 13.2 Å². The average molecular weight is 372 g/mol. The van der Waals surface area contributed by atoms with Gasteiger partial charge in [-0.15, -0.1) is 0 Å². The Balaban J connectivity index is 2.11. The van der Waals surface area contributed by atoms with Gasteiger partial charge in [0.15, 0.2) is 0 Å². The zero-order chi connectivity index (χ0) is 19.2. The Labute approximate surface area is 155 Å². The molecule has 0 bridgehead atoms. The summed E-state index contributed by atoms with van der Waals surface area (Å²) in [7, 11) is -0.626. The minimum absolute atomic E-state index is 0.0374. The van der Waals surface area contributed by atoms with Crippen LogP contribution in [0, 0.1) is 13.8 Å². The minimum Gasteiger partial charge on any atom is -0.305 e. The lowest BCUT2D eigenvalue weighted by atomic mass is 10.0. The maximum atomic E-state index is 13.3. The summed E-state index contributed by atoms with van der Waals surface area (Å²) in [5.41, 5.74) is 3.90. The average Bonchev–Trinajstić information content (AvgIpc) is 2.91. The van der Waals surface area contributed by atoms with Gasteiger partial charge in [0.05, 0.1) is 4.90 Å². The van der Waals surface area contributed by atoms with Crippen LogP contribution in [0.5, 0.6) is 0 Å². The van der Waals surface area contributed by atoms with E-state index in [9.17, 15) is 13.2 Å². The number of hydrogen-bond acceptors (Lipinski definition) is 3. The van der Waals surface area contributed by atoms with Gasteiger partial charge in [0, 0.05) is 31.4 Å². The smallest absolute Gasteiger partial charge is 0.258 e. The van der Waals surface area contributed by atoms with E-state index >= 15 is 0 Å². The molecule has 1 amide bonds. The van der Waals surface area contributed by atoms with E-state index in [-0.39, 0.29) is 16.8 Å². The number of para-hydroxylation sites is 1. The third-order valence-corrected chi connectivity index (χ3v) is 6.99. The van der Waals surface area contributed by atoms with Crippen LogP contribution in [-0.2, 0) is 16.4 Å². The summed E-state index contributed by atoms with van der Waals surface area (Å²) in [6, 6.07) is 11.2. The highest BCUT2D eigenvalue weighted by Gasteiger charge is 2.32. The quantitative estimate of drug-likeness (QED) is 0.832. The second kappa shape index (κ2) is 6.52. The highest BCUT2D eigenvalue weighted by molar-refractivity contribution is 7.89. The van der Waals surface area contributed by atoms with Crippen molar-refractivity contribution in [3.63, 3.8) is 0 Å². The molecule has 0 saturated carbocycles. The third-order valence-electron chi connectivity index (χ3n) is 5.05. The first-order chi connectivity index (χ1) is 12.1. The summed E-state index contributed by atoms with van der Waals surface area (Å²) < 4.78 is 26.5. The molecular weight excluding hydrogens is 348 g/mol. The number of amides is 1. The lowest BCUT2D eigenvalue weighted by molar-refractivity contribution is 0.0981. The molecule has 3 rings (SSSR count). The van der Waals surface area contributed by atoms with Crippen molar-refractivity contribution in [1.29, 1.82) is 0 Å². The first kappa shape index (κ1) is 18.6. The monoisotopic (exact) mass is 372 g/mol. The van der Waals surface area contributed by atoms with Crippen LogP contribution in [0.1, 0.15) is 34.0 Å². The minimum atomic E-state index is -3.62. The Kier molecular flexibility index (Phi) is 4.67. The van der Waals surface area contributed by atoms with Crippen LogP contribution in [0.2, 0.25) is 0 Å². The molecule has 1 aliphatic heterocycles. The van der Waals surface area contributed by atoms with Crippen LogP contribution < -0.4 is 4.90 Å². The standard InChI is InChI=1S/C20H24N2O3S/c1-13-10-17(12-19(15(13)3)26(24,25)21(4)5)20(23)22-14(2)11-16-8-6-7-9-18(16)22/h6-10,12,14H,11H2,1-5H3. The molecule has 2 aromatic carbocycles. The molecule has 1 heterocycles. The van der Waals surface area contributed by atoms with E-state index in [0.717, 1.165) is 23.2 Å². The summed E-state index contributed by atoms with van der Waals surface area (Å²) in [5, 5.41) is 0. The van der Waals surface area contributed by atoms with Crippen LogP contribution >= 0.6 is 0 Å². The van der Waals surface area contributed by atoms with Gasteiger partial charge in [-0.2, -0.15) is 0 Å². The van der Waals surface area contributed by atoms with E-state index in [1.165, 1.54) is 24.5 Å². The van der Waals surface area contributed by atoms with Crippen molar-refractivity contribution in [3.8, 4) is 0 Å². The predicted molar refractivity (Wildman–Crippen MR) is 103 cm³/mol. The van der Waals surface area contributed by atoms with Gasteiger partial charge in [0.25, 0.3) is 5.91 Å². The number of rotatable bonds is 3. The van der Waals surface area contributed by atoms with Gasteiger partial charge in [-0.25, -0.2) is 12.7 Å². The summed E-state index contributed by atoms with van der Waals surface area (Å²) in [4.78, 5) is 15.2. The Bertz CT molecular complexity index is 981. The Morgan fingerprint density at radius 3 is 2.46 bits per heavy atom. The topological polar surface area (TPSA) is 57.7 Å². The highest BCUT2D eigenvalue weighted by Crippen LogP contribution is 2.34. The molecule has 0 saturated heterocycles. The number of sulfonamides is 1. The van der Waals surface area contributed by atoms with Crippen molar-refractivity contribution in [2.45, 2.75) is 38.1 Å². The summed E-state index contributed by atoms with van der Waals surface area (Å²) in [5.74, 6) is -0.166. The van der Waals surface area contributed by atoms with Crippen LogP contribution in [-0.4, -0.2) is 38.8 Å². The van der Waals surface area contributed by atoms with Gasteiger partial charge in [0.2, 0.25) is 10.0 Å². The molecule has 138 valence electrons. The largest absolute Gasteiger partial charge is 0.305 e. The van der Waals surface area contributed by atoms with Gasteiger partial charge in [0.1, 0.15) is 0 Å². The van der Waals surface area contributed by atoms with E-state index in [1.807, 2.05) is 38.1 Å². The van der Waals surface area contributed by atoms with E-state index in [1.54, 1.807) is 17.9 Å². The van der Waals surface area contributed by atoms with E-state index in [0.29, 0.717) is 11.1 Å². The number of hydrogen-bond donors (Lipinski definition) is 0. The fourth-order valence-corrected chi connectivity index (χ4v) is 4.65. The summed E-state index contributed by atoms with van der Waals surface area (Å²) in [6.07, 6.45) is 0.801. The van der Waals surface area contributed by atoms with Crippen molar-refractivity contribution in [1.82, 2.24) is 4.31 Å². The molecule has 0 radical (unpaired) electrons. The number of carbonyl (C=O) groups excluding carboxylic acids is 1. The number of aryl methyl sites for hydroxylation is 1. The van der Waals surface area contributed by atoms with Gasteiger partial charge >= 0.3 is 0 Å². The maximum Gasteiger partial charge on any atom is 0.258 e. The maximum absolute atomic E-state index is 13.3. The van der Waals surface area contributed by atoms with Crippen molar-refractivity contribution >= 4 is 21.6 Å². The molecule has 2 aromatic rings. The third kappa shape index (κ3) is 2.93. The normalized spacial score (nSPS) is 16.8. The predicted octanol–water partition coefficient (Wildman–Crippen LogP) is 3.15. The second-order valence-electron chi connectivity index (χ2n) is 7.06. The fraction of sp³-hybridized carbons (Fsp3) is 0.350. The van der Waals surface area contributed by atoms with Crippen LogP contribution in [0.3, 0.4) is 0 Å². The van der Waals surface area contributed by atoms with Crippen LogP contribution in [0.15, 0.2) is 41.3 Å². The van der Waals surface area contributed by atoms with Crippen LogP contribution in [0.25, 0.3) is 0 Å². The van der Waals surface area contributed by atoms with Gasteiger partial charge in [-0.1, -0.05) is 18.2 Å². The molecule has 0 spiro atoms. The Hall–Kier alpha value is -2.18. The molecule has 26 heavy (non-hydrogen) atoms. The second-order valence-corrected chi connectivity index (χ2v) is 9.18. The zero-order valence-electron chi connectivity index (χ0n) is 15.8. The van der Waals surface area contributed by atoms with Crippen molar-refractivity contribution in [2.24, 2.45) is 0 Å². The summed E-state index contributed by atoms with van der Waals surface area (Å²) >= 11 is 0. The number of anilines is 1. The number of fused-ring (bicyclic) bond motifs is 1. The van der Waals surface area contributed by atoms with E-state index < -0.39 is 10.0 Å². The lowest BCUT2D eigenvalue weighted by Crippen LogP contribution is -2.36. The molecule has 0 fully saturated rings. The SMILES string of the molecule is Cc1cc(C(=O)N2c3ccccc3CC2C)cc(S(=O)(=O)N(C)C)c1C. The molecule has 0 N–H and O–H groups in total. The molecule has 1 unspecified atom stereocenters. The molecule has 1 atom stereocenters. The molecule has 0 aliphatic carbocycles. The first-order valence-corrected chi connectivity index (χ1v) is 10.0. The molecular formula is C20H24N2O3S. The van der Waals surface area contributed by atoms with E-state index in [4.69, 9.17) is 0 Å². The van der Waals surface area contributed by atoms with Gasteiger partial charge < -0.3 is 4.90 Å². The highest BCUT2D eigenvalue weighted by atomic mass is 32.2. The van der Waals surface area contributed by atoms with Crippen molar-refractivity contribution in [2.75, 3.05) is 19.0 Å². The number of benzene rings is 2. The van der Waals surface area contributed by atoms with E-state index in [2.05, 4.69) is 0 Å². The van der Waals surface area contributed by atoms with Gasteiger partial charge in [-0.3, -0.25) is 4.79 Å². The fourth-order valence-electron chi connectivity index (χ4n) is 3.43. The lowest BCUT2D eigenvalue weighted by Gasteiger charge is -2.24. The van der Waals surface area contributed by atoms with Crippen molar-refractivity contribution in [3.05, 3.63) is 58.7 Å². The Morgan fingerprint density at radius 1 is 1.15 bits per heavy atom. The number of carbonyl (C=O) groups is 1. The zero-order valence-corrected chi connectivity index (χ0v) is 16.6. The Morgan fingerprint density at radius 2 is 1.81 bits per heavy atom.